The van der Waals surface area contributed by atoms with Gasteiger partial charge in [0, 0.05) is 20.4 Å². The minimum atomic E-state index is 0.247. The monoisotopic (exact) mass is 436 g/mol. The van der Waals surface area contributed by atoms with Gasteiger partial charge in [0.05, 0.1) is 5.52 Å². The van der Waals surface area contributed by atoms with Crippen molar-refractivity contribution in [2.24, 2.45) is 0 Å². The summed E-state index contributed by atoms with van der Waals surface area (Å²) in [5.74, 6) is 0.940. The van der Waals surface area contributed by atoms with Gasteiger partial charge in [-0.2, -0.15) is 4.98 Å². The lowest BCUT2D eigenvalue weighted by atomic mass is 10.0. The number of rotatable bonds is 4. The van der Waals surface area contributed by atoms with Gasteiger partial charge in [-0.1, -0.05) is 40.2 Å². The summed E-state index contributed by atoms with van der Waals surface area (Å²) in [6.45, 7) is 0. The molecule has 1 aromatic heterocycles. The number of halogens is 1. The SMILES string of the molecule is CSc1cccc(-c2ccc3nc(N)nc(Nc4cccc(Br)c4)c3c2)c1. The van der Waals surface area contributed by atoms with Gasteiger partial charge in [0.25, 0.3) is 0 Å². The first-order chi connectivity index (χ1) is 13.1. The Morgan fingerprint density at radius 3 is 2.56 bits per heavy atom. The van der Waals surface area contributed by atoms with Crippen LogP contribution in [0.25, 0.3) is 22.0 Å². The molecule has 3 N–H and O–H groups in total. The molecule has 0 unspecified atom stereocenters. The lowest BCUT2D eigenvalue weighted by Gasteiger charge is -2.11. The van der Waals surface area contributed by atoms with Crippen molar-refractivity contribution in [3.05, 3.63) is 71.2 Å². The van der Waals surface area contributed by atoms with Gasteiger partial charge in [-0.05, 0) is 59.8 Å². The number of nitrogens with zero attached hydrogens (tertiary/aromatic N) is 2. The summed E-state index contributed by atoms with van der Waals surface area (Å²) in [6, 6.07) is 22.6. The van der Waals surface area contributed by atoms with Crippen molar-refractivity contribution >= 4 is 56.0 Å². The van der Waals surface area contributed by atoms with Crippen LogP contribution in [0.5, 0.6) is 0 Å². The molecule has 0 spiro atoms. The van der Waals surface area contributed by atoms with E-state index in [9.17, 15) is 0 Å². The zero-order valence-electron chi connectivity index (χ0n) is 14.6. The quantitative estimate of drug-likeness (QED) is 0.378. The minimum Gasteiger partial charge on any atom is -0.368 e. The van der Waals surface area contributed by atoms with E-state index < -0.39 is 0 Å². The van der Waals surface area contributed by atoms with Gasteiger partial charge in [-0.15, -0.1) is 11.8 Å². The van der Waals surface area contributed by atoms with Gasteiger partial charge >= 0.3 is 0 Å². The molecule has 0 aliphatic rings. The summed E-state index contributed by atoms with van der Waals surface area (Å²) in [5, 5.41) is 4.29. The van der Waals surface area contributed by atoms with Crippen LogP contribution in [0.3, 0.4) is 0 Å². The van der Waals surface area contributed by atoms with Crippen molar-refractivity contribution < 1.29 is 0 Å². The van der Waals surface area contributed by atoms with Crippen LogP contribution in [-0.2, 0) is 0 Å². The molecule has 134 valence electrons. The zero-order valence-corrected chi connectivity index (χ0v) is 17.0. The first-order valence-electron chi connectivity index (χ1n) is 8.37. The second kappa shape index (κ2) is 7.58. The van der Waals surface area contributed by atoms with E-state index in [-0.39, 0.29) is 5.95 Å². The largest absolute Gasteiger partial charge is 0.368 e. The third-order valence-electron chi connectivity index (χ3n) is 4.20. The van der Waals surface area contributed by atoms with Crippen LogP contribution in [0.4, 0.5) is 17.5 Å². The number of anilines is 3. The van der Waals surface area contributed by atoms with E-state index in [1.165, 1.54) is 4.90 Å². The molecule has 0 atom stereocenters. The van der Waals surface area contributed by atoms with Crippen molar-refractivity contribution in [1.29, 1.82) is 0 Å². The Hall–Kier alpha value is -2.57. The summed E-state index contributed by atoms with van der Waals surface area (Å²) in [4.78, 5) is 10.0. The Kier molecular flexibility index (Phi) is 5.01. The number of hydrogen-bond acceptors (Lipinski definition) is 5. The Labute approximate surface area is 170 Å². The molecule has 0 radical (unpaired) electrons. The number of aromatic nitrogens is 2. The predicted octanol–water partition coefficient (Wildman–Crippen LogP) is 6.11. The van der Waals surface area contributed by atoms with E-state index in [2.05, 4.69) is 73.9 Å². The molecule has 4 aromatic rings. The molecule has 0 aliphatic carbocycles. The van der Waals surface area contributed by atoms with Crippen LogP contribution >= 0.6 is 27.7 Å². The van der Waals surface area contributed by atoms with E-state index in [1.54, 1.807) is 11.8 Å². The van der Waals surface area contributed by atoms with Crippen LogP contribution in [0, 0.1) is 0 Å². The van der Waals surface area contributed by atoms with Gasteiger partial charge in [0.2, 0.25) is 5.95 Å². The number of nitrogens with two attached hydrogens (primary N) is 1. The van der Waals surface area contributed by atoms with Crippen molar-refractivity contribution in [2.45, 2.75) is 4.90 Å². The summed E-state index contributed by atoms with van der Waals surface area (Å²) in [5.41, 5.74) is 9.94. The standard InChI is InChI=1S/C21H17BrN4S/c1-27-17-7-2-4-13(10-17)14-8-9-19-18(11-14)20(26-21(23)25-19)24-16-6-3-5-15(22)12-16/h2-12H,1H3,(H3,23,24,25,26). The normalized spacial score (nSPS) is 10.9. The highest BCUT2D eigenvalue weighted by atomic mass is 79.9. The fourth-order valence-electron chi connectivity index (χ4n) is 2.93. The van der Waals surface area contributed by atoms with Crippen LogP contribution in [0.1, 0.15) is 0 Å². The average Bonchev–Trinajstić information content (AvgIpc) is 2.68. The summed E-state index contributed by atoms with van der Waals surface area (Å²) >= 11 is 5.23. The highest BCUT2D eigenvalue weighted by Gasteiger charge is 2.09. The Balaban J connectivity index is 1.83. The second-order valence-corrected chi connectivity index (χ2v) is 7.82. The molecule has 0 saturated heterocycles. The molecule has 4 nitrogen and oxygen atoms in total. The Morgan fingerprint density at radius 1 is 0.926 bits per heavy atom. The fourth-order valence-corrected chi connectivity index (χ4v) is 3.79. The van der Waals surface area contributed by atoms with E-state index in [1.807, 2.05) is 30.3 Å². The predicted molar refractivity (Wildman–Crippen MR) is 119 cm³/mol. The van der Waals surface area contributed by atoms with E-state index in [4.69, 9.17) is 5.73 Å². The lowest BCUT2D eigenvalue weighted by Crippen LogP contribution is -2.01. The van der Waals surface area contributed by atoms with Gasteiger partial charge in [-0.3, -0.25) is 0 Å². The molecule has 1 heterocycles. The van der Waals surface area contributed by atoms with Crippen molar-refractivity contribution in [3.8, 4) is 11.1 Å². The fraction of sp³-hybridized carbons (Fsp3) is 0.0476. The number of nitrogens with one attached hydrogen (secondary N) is 1. The van der Waals surface area contributed by atoms with E-state index in [0.29, 0.717) is 5.82 Å². The highest BCUT2D eigenvalue weighted by Crippen LogP contribution is 2.31. The Bertz CT molecular complexity index is 1130. The van der Waals surface area contributed by atoms with Crippen molar-refractivity contribution in [3.63, 3.8) is 0 Å². The number of thioether (sulfide) groups is 1. The van der Waals surface area contributed by atoms with Gasteiger partial charge in [-0.25, -0.2) is 4.98 Å². The highest BCUT2D eigenvalue weighted by molar-refractivity contribution is 9.10. The van der Waals surface area contributed by atoms with Gasteiger partial charge in [0.15, 0.2) is 0 Å². The van der Waals surface area contributed by atoms with Crippen LogP contribution in [-0.4, -0.2) is 16.2 Å². The third-order valence-corrected chi connectivity index (χ3v) is 5.42. The molecule has 3 aromatic carbocycles. The second-order valence-electron chi connectivity index (χ2n) is 6.03. The van der Waals surface area contributed by atoms with Crippen molar-refractivity contribution in [1.82, 2.24) is 9.97 Å². The molecule has 0 saturated carbocycles. The molecule has 4 rings (SSSR count). The van der Waals surface area contributed by atoms with Gasteiger partial charge in [0.1, 0.15) is 5.82 Å². The first kappa shape index (κ1) is 17.8. The van der Waals surface area contributed by atoms with E-state index >= 15 is 0 Å². The van der Waals surface area contributed by atoms with Crippen molar-refractivity contribution in [2.75, 3.05) is 17.3 Å². The summed E-state index contributed by atoms with van der Waals surface area (Å²) in [7, 11) is 0. The van der Waals surface area contributed by atoms with Crippen LogP contribution in [0.2, 0.25) is 0 Å². The smallest absolute Gasteiger partial charge is 0.222 e. The van der Waals surface area contributed by atoms with Crippen LogP contribution < -0.4 is 11.1 Å². The zero-order chi connectivity index (χ0) is 18.8. The molecule has 0 amide bonds. The third kappa shape index (κ3) is 3.91. The number of hydrogen-bond donors (Lipinski definition) is 2. The van der Waals surface area contributed by atoms with E-state index in [0.717, 1.165) is 32.2 Å². The maximum absolute atomic E-state index is 5.92. The number of fused-ring (bicyclic) bond motifs is 1. The molecule has 6 heteroatoms. The lowest BCUT2D eigenvalue weighted by molar-refractivity contribution is 1.23. The molecule has 0 aliphatic heterocycles. The minimum absolute atomic E-state index is 0.247. The average molecular weight is 437 g/mol. The number of benzene rings is 3. The molecule has 0 bridgehead atoms. The first-order valence-corrected chi connectivity index (χ1v) is 10.4. The topological polar surface area (TPSA) is 63.8 Å². The molecule has 0 fully saturated rings. The molecule has 27 heavy (non-hydrogen) atoms. The summed E-state index contributed by atoms with van der Waals surface area (Å²) < 4.78 is 0.994. The summed E-state index contributed by atoms with van der Waals surface area (Å²) in [6.07, 6.45) is 2.08. The van der Waals surface area contributed by atoms with Crippen LogP contribution in [0.15, 0.2) is 76.1 Å². The molecular weight excluding hydrogens is 420 g/mol. The Morgan fingerprint density at radius 2 is 1.74 bits per heavy atom. The maximum Gasteiger partial charge on any atom is 0.222 e. The maximum atomic E-state index is 5.92. The van der Waals surface area contributed by atoms with Gasteiger partial charge < -0.3 is 11.1 Å². The number of nitrogen functional groups attached to an aromatic ring is 1. The molecular formula is C21H17BrN4S.